The molecule has 1 fully saturated rings. The van der Waals surface area contributed by atoms with Crippen molar-refractivity contribution in [2.45, 2.75) is 31.8 Å². The summed E-state index contributed by atoms with van der Waals surface area (Å²) in [5, 5.41) is 3.33. The van der Waals surface area contributed by atoms with E-state index in [0.29, 0.717) is 32.0 Å². The molecular weight excluding hydrogens is 320 g/mol. The first kappa shape index (κ1) is 17.6. The molecule has 0 amide bonds. The number of H-pyrrole nitrogens is 1. The number of aromatic nitrogens is 3. The molecule has 0 aromatic carbocycles. The second kappa shape index (κ2) is 7.76. The van der Waals surface area contributed by atoms with Crippen LogP contribution in [0.1, 0.15) is 25.5 Å². The van der Waals surface area contributed by atoms with Crippen molar-refractivity contribution in [3.8, 4) is 11.4 Å². The Bertz CT molecular complexity index is 752. The number of aromatic amines is 1. The molecule has 0 spiro atoms. The van der Waals surface area contributed by atoms with E-state index in [1.807, 2.05) is 19.1 Å². The van der Waals surface area contributed by atoms with E-state index in [1.165, 1.54) is 6.07 Å². The smallest absolute Gasteiger partial charge is 0.251 e. The molecule has 7 nitrogen and oxygen atoms in total. The fraction of sp³-hybridized carbons (Fsp3) is 0.500. The summed E-state index contributed by atoms with van der Waals surface area (Å²) in [4.78, 5) is 23.3. The summed E-state index contributed by atoms with van der Waals surface area (Å²) < 4.78 is 11.1. The van der Waals surface area contributed by atoms with Gasteiger partial charge in [-0.3, -0.25) is 4.79 Å². The maximum Gasteiger partial charge on any atom is 0.251 e. The van der Waals surface area contributed by atoms with Crippen molar-refractivity contribution in [3.05, 3.63) is 40.4 Å². The summed E-state index contributed by atoms with van der Waals surface area (Å²) >= 11 is 0. The molecule has 0 unspecified atom stereocenters. The van der Waals surface area contributed by atoms with Crippen LogP contribution in [0.3, 0.4) is 0 Å². The average Bonchev–Trinajstić information content (AvgIpc) is 2.67. The van der Waals surface area contributed by atoms with Gasteiger partial charge >= 0.3 is 0 Å². The number of aryl methyl sites for hydroxylation is 1. The summed E-state index contributed by atoms with van der Waals surface area (Å²) in [5.74, 6) is 1.31. The van der Waals surface area contributed by atoms with Crippen molar-refractivity contribution in [2.75, 3.05) is 32.2 Å². The lowest BCUT2D eigenvalue weighted by Gasteiger charge is -2.36. The molecule has 7 heteroatoms. The minimum atomic E-state index is -0.207. The van der Waals surface area contributed by atoms with Crippen molar-refractivity contribution < 1.29 is 9.47 Å². The van der Waals surface area contributed by atoms with Gasteiger partial charge in [0.15, 0.2) is 0 Å². The van der Waals surface area contributed by atoms with Crippen LogP contribution in [0.25, 0.3) is 11.4 Å². The van der Waals surface area contributed by atoms with Crippen LogP contribution in [0.2, 0.25) is 0 Å². The zero-order chi connectivity index (χ0) is 17.7. The van der Waals surface area contributed by atoms with Crippen molar-refractivity contribution in [1.29, 1.82) is 0 Å². The molecule has 1 aliphatic rings. The molecule has 134 valence electrons. The van der Waals surface area contributed by atoms with Crippen LogP contribution in [-0.4, -0.2) is 47.4 Å². The zero-order valence-electron chi connectivity index (χ0n) is 14.7. The Balaban J connectivity index is 1.70. The van der Waals surface area contributed by atoms with E-state index in [4.69, 9.17) is 9.47 Å². The number of hydrogen-bond acceptors (Lipinski definition) is 6. The molecule has 1 saturated heterocycles. The summed E-state index contributed by atoms with van der Waals surface area (Å²) in [5.41, 5.74) is 1.19. The van der Waals surface area contributed by atoms with Crippen molar-refractivity contribution in [1.82, 2.24) is 15.0 Å². The van der Waals surface area contributed by atoms with Gasteiger partial charge in [-0.15, -0.1) is 0 Å². The number of nitrogens with zero attached hydrogens (tertiary/aromatic N) is 2. The van der Waals surface area contributed by atoms with Gasteiger partial charge in [0, 0.05) is 63.2 Å². The quantitative estimate of drug-likeness (QED) is 0.833. The number of pyridine rings is 1. The zero-order valence-corrected chi connectivity index (χ0v) is 14.7. The molecular formula is C18H24N4O3. The monoisotopic (exact) mass is 344 g/mol. The van der Waals surface area contributed by atoms with Crippen LogP contribution < -0.4 is 10.9 Å². The highest BCUT2D eigenvalue weighted by Gasteiger charge is 2.32. The molecule has 2 aromatic heterocycles. The Morgan fingerprint density at radius 2 is 2.16 bits per heavy atom. The lowest BCUT2D eigenvalue weighted by atomic mass is 9.94. The van der Waals surface area contributed by atoms with Crippen molar-refractivity contribution in [3.63, 3.8) is 0 Å². The third kappa shape index (κ3) is 4.24. The van der Waals surface area contributed by atoms with Crippen LogP contribution >= 0.6 is 0 Å². The minimum Gasteiger partial charge on any atom is -0.381 e. The summed E-state index contributed by atoms with van der Waals surface area (Å²) in [7, 11) is 1.74. The highest BCUT2D eigenvalue weighted by Crippen LogP contribution is 2.25. The largest absolute Gasteiger partial charge is 0.381 e. The van der Waals surface area contributed by atoms with Gasteiger partial charge in [0.2, 0.25) is 0 Å². The molecule has 2 N–H and O–H groups in total. The van der Waals surface area contributed by atoms with Gasteiger partial charge in [-0.1, -0.05) is 6.92 Å². The first-order chi connectivity index (χ1) is 12.1. The molecule has 2 aromatic rings. The summed E-state index contributed by atoms with van der Waals surface area (Å²) in [6.07, 6.45) is 4.16. The van der Waals surface area contributed by atoms with Gasteiger partial charge in [-0.2, -0.15) is 0 Å². The van der Waals surface area contributed by atoms with Gasteiger partial charge in [0.25, 0.3) is 5.56 Å². The normalized spacial score (nSPS) is 16.6. The van der Waals surface area contributed by atoms with Crippen LogP contribution in [0.5, 0.6) is 0 Å². The molecule has 25 heavy (non-hydrogen) atoms. The maximum absolute atomic E-state index is 11.7. The maximum atomic E-state index is 11.7. The van der Waals surface area contributed by atoms with E-state index >= 15 is 0 Å². The fourth-order valence-electron chi connectivity index (χ4n) is 2.91. The first-order valence-corrected chi connectivity index (χ1v) is 8.57. The van der Waals surface area contributed by atoms with Gasteiger partial charge in [0.1, 0.15) is 11.6 Å². The van der Waals surface area contributed by atoms with Gasteiger partial charge in [0.05, 0.1) is 5.60 Å². The minimum absolute atomic E-state index is 0.148. The van der Waals surface area contributed by atoms with Gasteiger partial charge in [-0.05, 0) is 18.6 Å². The highest BCUT2D eigenvalue weighted by atomic mass is 16.5. The molecule has 0 bridgehead atoms. The third-order valence-electron chi connectivity index (χ3n) is 4.62. The first-order valence-electron chi connectivity index (χ1n) is 8.57. The SMILES string of the molecule is CCc1cc(=O)[nH]c(-c2ccc(NCC3(OC)CCOCC3)nc2)n1. The van der Waals surface area contributed by atoms with E-state index in [0.717, 1.165) is 29.9 Å². The standard InChI is InChI=1S/C18H24N4O3/c1-3-14-10-16(23)22-17(21-14)13-4-5-15(19-11-13)20-12-18(24-2)6-8-25-9-7-18/h4-5,10-11H,3,6-9,12H2,1-2H3,(H,19,20)(H,21,22,23). The van der Waals surface area contributed by atoms with Crippen LogP contribution in [0, 0.1) is 0 Å². The number of methoxy groups -OCH3 is 1. The predicted molar refractivity (Wildman–Crippen MR) is 95.7 cm³/mol. The number of anilines is 1. The van der Waals surface area contributed by atoms with Crippen LogP contribution in [-0.2, 0) is 15.9 Å². The average molecular weight is 344 g/mol. The molecule has 0 aliphatic carbocycles. The van der Waals surface area contributed by atoms with Gasteiger partial charge in [-0.25, -0.2) is 9.97 Å². The van der Waals surface area contributed by atoms with Crippen molar-refractivity contribution in [2.24, 2.45) is 0 Å². The number of rotatable bonds is 6. The Morgan fingerprint density at radius 1 is 1.36 bits per heavy atom. The van der Waals surface area contributed by atoms with E-state index < -0.39 is 0 Å². The highest BCUT2D eigenvalue weighted by molar-refractivity contribution is 5.55. The molecule has 3 rings (SSSR count). The molecule has 0 saturated carbocycles. The Kier molecular flexibility index (Phi) is 5.45. The van der Waals surface area contributed by atoms with Gasteiger partial charge < -0.3 is 19.8 Å². The third-order valence-corrected chi connectivity index (χ3v) is 4.62. The second-order valence-electron chi connectivity index (χ2n) is 6.22. The van der Waals surface area contributed by atoms with E-state index in [-0.39, 0.29) is 11.2 Å². The molecule has 1 aliphatic heterocycles. The number of nitrogens with one attached hydrogen (secondary N) is 2. The fourth-order valence-corrected chi connectivity index (χ4v) is 2.91. The van der Waals surface area contributed by atoms with Crippen molar-refractivity contribution >= 4 is 5.82 Å². The topological polar surface area (TPSA) is 89.1 Å². The lowest BCUT2D eigenvalue weighted by Crippen LogP contribution is -2.44. The Morgan fingerprint density at radius 3 is 2.80 bits per heavy atom. The Hall–Kier alpha value is -2.25. The van der Waals surface area contributed by atoms with E-state index in [9.17, 15) is 4.79 Å². The predicted octanol–water partition coefficient (Wildman–Crippen LogP) is 2.00. The van der Waals surface area contributed by atoms with Crippen LogP contribution in [0.15, 0.2) is 29.2 Å². The van der Waals surface area contributed by atoms with E-state index in [1.54, 1.807) is 13.3 Å². The summed E-state index contributed by atoms with van der Waals surface area (Å²) in [6, 6.07) is 5.30. The number of hydrogen-bond donors (Lipinski definition) is 2. The Labute approximate surface area is 146 Å². The van der Waals surface area contributed by atoms with Crippen LogP contribution in [0.4, 0.5) is 5.82 Å². The number of ether oxygens (including phenoxy) is 2. The lowest BCUT2D eigenvalue weighted by molar-refractivity contribution is -0.0807. The molecule has 0 radical (unpaired) electrons. The molecule has 3 heterocycles. The molecule has 0 atom stereocenters. The summed E-state index contributed by atoms with van der Waals surface area (Å²) in [6.45, 7) is 4.09. The van der Waals surface area contributed by atoms with E-state index in [2.05, 4.69) is 20.3 Å². The second-order valence-corrected chi connectivity index (χ2v) is 6.22.